The Hall–Kier alpha value is -1.89. The van der Waals surface area contributed by atoms with Gasteiger partial charge in [-0.1, -0.05) is 5.16 Å². The lowest BCUT2D eigenvalue weighted by Gasteiger charge is -2.03. The molecular formula is C11H10BrN3O3. The van der Waals surface area contributed by atoms with Gasteiger partial charge in [0.15, 0.2) is 0 Å². The number of nitrogens with zero attached hydrogens (tertiary/aromatic N) is 2. The van der Waals surface area contributed by atoms with Crippen LogP contribution in [0, 0.1) is 13.8 Å². The van der Waals surface area contributed by atoms with Gasteiger partial charge in [0.05, 0.1) is 5.69 Å². The number of carbonyl (C=O) groups is 1. The molecule has 0 aliphatic carbocycles. The molecule has 2 aromatic rings. The van der Waals surface area contributed by atoms with Crippen molar-refractivity contribution in [1.82, 2.24) is 10.1 Å². The number of halogens is 1. The molecule has 0 aromatic carbocycles. The standard InChI is InChI=1S/C11H10BrN3O3/c1-5-7(12)3-4-8(13-5)10-9(14-11(16)17)6(2)15-18-10/h3-4,14H,1-2H3,(H,16,17). The first-order valence-corrected chi connectivity index (χ1v) is 5.88. The van der Waals surface area contributed by atoms with Crippen LogP contribution in [0.1, 0.15) is 11.4 Å². The maximum Gasteiger partial charge on any atom is 0.409 e. The quantitative estimate of drug-likeness (QED) is 0.889. The zero-order valence-corrected chi connectivity index (χ0v) is 11.3. The van der Waals surface area contributed by atoms with Crippen LogP contribution in [0.4, 0.5) is 10.5 Å². The lowest BCUT2D eigenvalue weighted by Crippen LogP contribution is -2.08. The maximum absolute atomic E-state index is 10.7. The molecule has 7 heteroatoms. The van der Waals surface area contributed by atoms with Gasteiger partial charge in [-0.2, -0.15) is 0 Å². The molecule has 6 nitrogen and oxygen atoms in total. The van der Waals surface area contributed by atoms with E-state index in [0.717, 1.165) is 10.2 Å². The van der Waals surface area contributed by atoms with Gasteiger partial charge in [0.2, 0.25) is 5.76 Å². The Morgan fingerprint density at radius 2 is 2.11 bits per heavy atom. The van der Waals surface area contributed by atoms with E-state index in [4.69, 9.17) is 9.63 Å². The SMILES string of the molecule is Cc1nc(-c2onc(C)c2NC(=O)O)ccc1Br. The van der Waals surface area contributed by atoms with E-state index in [0.29, 0.717) is 22.8 Å². The lowest BCUT2D eigenvalue weighted by atomic mass is 10.2. The lowest BCUT2D eigenvalue weighted by molar-refractivity contribution is 0.209. The van der Waals surface area contributed by atoms with Crippen molar-refractivity contribution in [3.8, 4) is 11.5 Å². The summed E-state index contributed by atoms with van der Waals surface area (Å²) in [6.45, 7) is 3.49. The summed E-state index contributed by atoms with van der Waals surface area (Å²) in [4.78, 5) is 15.0. The summed E-state index contributed by atoms with van der Waals surface area (Å²) in [5.41, 5.74) is 2.09. The Balaban J connectivity index is 2.50. The Labute approximate surface area is 111 Å². The first kappa shape index (κ1) is 12.6. The monoisotopic (exact) mass is 311 g/mol. The fourth-order valence-corrected chi connectivity index (χ4v) is 1.69. The van der Waals surface area contributed by atoms with E-state index in [-0.39, 0.29) is 0 Å². The third-order valence-electron chi connectivity index (χ3n) is 2.35. The molecule has 0 aliphatic rings. The van der Waals surface area contributed by atoms with Gasteiger partial charge >= 0.3 is 6.09 Å². The minimum Gasteiger partial charge on any atom is -0.465 e. The smallest absolute Gasteiger partial charge is 0.409 e. The predicted octanol–water partition coefficient (Wildman–Crippen LogP) is 3.21. The van der Waals surface area contributed by atoms with Gasteiger partial charge in [-0.25, -0.2) is 9.78 Å². The fraction of sp³-hybridized carbons (Fsp3) is 0.182. The highest BCUT2D eigenvalue weighted by Gasteiger charge is 2.18. The average molecular weight is 312 g/mol. The highest BCUT2D eigenvalue weighted by atomic mass is 79.9. The van der Waals surface area contributed by atoms with Crippen LogP contribution in [0.5, 0.6) is 0 Å². The first-order valence-electron chi connectivity index (χ1n) is 5.08. The third-order valence-corrected chi connectivity index (χ3v) is 3.19. The van der Waals surface area contributed by atoms with Crippen LogP contribution in [0.25, 0.3) is 11.5 Å². The van der Waals surface area contributed by atoms with Gasteiger partial charge in [-0.15, -0.1) is 0 Å². The van der Waals surface area contributed by atoms with E-state index in [1.807, 2.05) is 13.0 Å². The summed E-state index contributed by atoms with van der Waals surface area (Å²) >= 11 is 3.35. The average Bonchev–Trinajstić information content (AvgIpc) is 2.64. The molecule has 2 rings (SSSR count). The van der Waals surface area contributed by atoms with E-state index >= 15 is 0 Å². The Morgan fingerprint density at radius 1 is 1.39 bits per heavy atom. The molecule has 0 saturated heterocycles. The fourth-order valence-electron chi connectivity index (χ4n) is 1.47. The topological polar surface area (TPSA) is 88.3 Å². The van der Waals surface area contributed by atoms with Crippen LogP contribution in [-0.4, -0.2) is 21.3 Å². The highest BCUT2D eigenvalue weighted by molar-refractivity contribution is 9.10. The van der Waals surface area contributed by atoms with Gasteiger partial charge in [0, 0.05) is 4.47 Å². The molecule has 0 fully saturated rings. The summed E-state index contributed by atoms with van der Waals surface area (Å²) in [6, 6.07) is 3.55. The van der Waals surface area contributed by atoms with Gasteiger partial charge in [0.25, 0.3) is 0 Å². The molecule has 0 radical (unpaired) electrons. The first-order chi connectivity index (χ1) is 8.49. The number of aryl methyl sites for hydroxylation is 2. The van der Waals surface area contributed by atoms with Gasteiger partial charge in [-0.3, -0.25) is 5.32 Å². The summed E-state index contributed by atoms with van der Waals surface area (Å²) in [6.07, 6.45) is -1.17. The predicted molar refractivity (Wildman–Crippen MR) is 68.6 cm³/mol. The number of rotatable bonds is 2. The van der Waals surface area contributed by atoms with Crippen LogP contribution in [-0.2, 0) is 0 Å². The van der Waals surface area contributed by atoms with Crippen LogP contribution >= 0.6 is 15.9 Å². The largest absolute Gasteiger partial charge is 0.465 e. The molecule has 0 saturated carbocycles. The summed E-state index contributed by atoms with van der Waals surface area (Å²) < 4.78 is 5.99. The minimum atomic E-state index is -1.17. The number of carboxylic acid groups (broad SMARTS) is 1. The molecule has 1 amide bonds. The molecule has 2 aromatic heterocycles. The summed E-state index contributed by atoms with van der Waals surface area (Å²) in [5, 5.41) is 14.8. The summed E-state index contributed by atoms with van der Waals surface area (Å²) in [5.74, 6) is 0.311. The molecule has 0 spiro atoms. The number of amides is 1. The zero-order chi connectivity index (χ0) is 13.3. The van der Waals surface area contributed by atoms with Crippen molar-refractivity contribution < 1.29 is 14.4 Å². The molecule has 0 aliphatic heterocycles. The van der Waals surface area contributed by atoms with Crippen molar-refractivity contribution in [3.05, 3.63) is 28.0 Å². The maximum atomic E-state index is 10.7. The molecule has 0 unspecified atom stereocenters. The minimum absolute atomic E-state index is 0.311. The van der Waals surface area contributed by atoms with Crippen molar-refractivity contribution in [1.29, 1.82) is 0 Å². The number of hydrogen-bond donors (Lipinski definition) is 2. The van der Waals surface area contributed by atoms with Crippen molar-refractivity contribution in [3.63, 3.8) is 0 Å². The second kappa shape index (κ2) is 4.77. The van der Waals surface area contributed by atoms with E-state index in [2.05, 4.69) is 31.4 Å². The van der Waals surface area contributed by atoms with Crippen LogP contribution in [0.2, 0.25) is 0 Å². The Morgan fingerprint density at radius 3 is 2.72 bits per heavy atom. The van der Waals surface area contributed by atoms with E-state index in [9.17, 15) is 4.79 Å². The third kappa shape index (κ3) is 2.35. The van der Waals surface area contributed by atoms with Crippen LogP contribution in [0.15, 0.2) is 21.1 Å². The summed E-state index contributed by atoms with van der Waals surface area (Å²) in [7, 11) is 0. The van der Waals surface area contributed by atoms with Crippen molar-refractivity contribution in [2.45, 2.75) is 13.8 Å². The number of pyridine rings is 1. The number of anilines is 1. The molecule has 0 atom stereocenters. The second-order valence-corrected chi connectivity index (χ2v) is 4.52. The van der Waals surface area contributed by atoms with Gasteiger partial charge < -0.3 is 9.63 Å². The van der Waals surface area contributed by atoms with E-state index in [1.165, 1.54) is 0 Å². The van der Waals surface area contributed by atoms with E-state index < -0.39 is 6.09 Å². The molecule has 2 heterocycles. The Bertz CT molecular complexity index is 610. The Kier molecular flexibility index (Phi) is 3.33. The van der Waals surface area contributed by atoms with Gasteiger partial charge in [0.1, 0.15) is 17.1 Å². The number of hydrogen-bond acceptors (Lipinski definition) is 4. The zero-order valence-electron chi connectivity index (χ0n) is 9.69. The molecular weight excluding hydrogens is 302 g/mol. The molecule has 94 valence electrons. The van der Waals surface area contributed by atoms with Crippen molar-refractivity contribution in [2.75, 3.05) is 5.32 Å². The van der Waals surface area contributed by atoms with Gasteiger partial charge in [-0.05, 0) is 41.9 Å². The van der Waals surface area contributed by atoms with Crippen molar-refractivity contribution >= 4 is 27.7 Å². The highest BCUT2D eigenvalue weighted by Crippen LogP contribution is 2.30. The molecule has 2 N–H and O–H groups in total. The van der Waals surface area contributed by atoms with Crippen molar-refractivity contribution in [2.24, 2.45) is 0 Å². The molecule has 0 bridgehead atoms. The second-order valence-electron chi connectivity index (χ2n) is 3.67. The van der Waals surface area contributed by atoms with E-state index in [1.54, 1.807) is 13.0 Å². The normalized spacial score (nSPS) is 10.4. The van der Waals surface area contributed by atoms with Crippen LogP contribution in [0.3, 0.4) is 0 Å². The number of aromatic nitrogens is 2. The number of nitrogens with one attached hydrogen (secondary N) is 1. The molecule has 18 heavy (non-hydrogen) atoms. The van der Waals surface area contributed by atoms with Crippen LogP contribution < -0.4 is 5.32 Å².